The molecule has 1 aromatic carbocycles. The van der Waals surface area contributed by atoms with Crippen LogP contribution in [0.2, 0.25) is 0 Å². The summed E-state index contributed by atoms with van der Waals surface area (Å²) in [6, 6.07) is 8.63. The van der Waals surface area contributed by atoms with Gasteiger partial charge in [0.15, 0.2) is 0 Å². The molecule has 0 saturated heterocycles. The number of hydrogen-bond acceptors (Lipinski definition) is 1. The lowest BCUT2D eigenvalue weighted by atomic mass is 10.2. The minimum atomic E-state index is 1.10. The summed E-state index contributed by atoms with van der Waals surface area (Å²) >= 11 is 3.50. The number of unbranched alkanes of at least 4 members (excludes halogenated alkanes) is 1. The zero-order valence-electron chi connectivity index (χ0n) is 9.54. The van der Waals surface area contributed by atoms with Crippen LogP contribution in [-0.2, 0) is 6.54 Å². The van der Waals surface area contributed by atoms with Gasteiger partial charge in [0.05, 0.1) is 0 Å². The molecule has 0 atom stereocenters. The number of nitrogens with one attached hydrogen (secondary N) is 1. The van der Waals surface area contributed by atoms with Crippen molar-refractivity contribution in [1.29, 1.82) is 0 Å². The van der Waals surface area contributed by atoms with Crippen LogP contribution in [-0.4, -0.2) is 18.2 Å². The molecule has 16 heavy (non-hydrogen) atoms. The van der Waals surface area contributed by atoms with Crippen molar-refractivity contribution in [3.63, 3.8) is 0 Å². The van der Waals surface area contributed by atoms with Crippen LogP contribution < -0.4 is 5.32 Å². The molecule has 0 aliphatic carbocycles. The largest absolute Gasteiger partial charge is 0.347 e. The third-order valence-electron chi connectivity index (χ3n) is 2.81. The van der Waals surface area contributed by atoms with Crippen molar-refractivity contribution in [3.8, 4) is 0 Å². The Bertz CT molecular complexity index is 462. The van der Waals surface area contributed by atoms with E-state index >= 15 is 0 Å². The first-order valence-corrected chi connectivity index (χ1v) is 6.49. The van der Waals surface area contributed by atoms with Gasteiger partial charge in [-0.1, -0.05) is 15.9 Å². The first-order chi connectivity index (χ1) is 7.81. The Kier molecular flexibility index (Phi) is 4.02. The van der Waals surface area contributed by atoms with Crippen LogP contribution >= 0.6 is 15.9 Å². The molecule has 0 unspecified atom stereocenters. The van der Waals surface area contributed by atoms with Gasteiger partial charge in [0.1, 0.15) is 0 Å². The minimum Gasteiger partial charge on any atom is -0.347 e. The van der Waals surface area contributed by atoms with Gasteiger partial charge in [-0.05, 0) is 50.7 Å². The van der Waals surface area contributed by atoms with E-state index in [0.717, 1.165) is 17.6 Å². The number of halogens is 1. The number of nitrogens with zero attached hydrogens (tertiary/aromatic N) is 1. The zero-order chi connectivity index (χ0) is 11.4. The molecule has 2 nitrogen and oxygen atoms in total. The third-order valence-corrected chi connectivity index (χ3v) is 3.30. The maximum Gasteiger partial charge on any atom is 0.0481 e. The highest BCUT2D eigenvalue weighted by molar-refractivity contribution is 9.10. The molecule has 1 N–H and O–H groups in total. The highest BCUT2D eigenvalue weighted by Crippen LogP contribution is 2.21. The maximum absolute atomic E-state index is 3.50. The summed E-state index contributed by atoms with van der Waals surface area (Å²) in [7, 11) is 2.00. The molecular formula is C13H17BrN2. The lowest BCUT2D eigenvalue weighted by molar-refractivity contribution is 0.603. The van der Waals surface area contributed by atoms with Crippen molar-refractivity contribution in [2.45, 2.75) is 19.4 Å². The van der Waals surface area contributed by atoms with Crippen molar-refractivity contribution in [3.05, 3.63) is 34.9 Å². The normalized spacial score (nSPS) is 11.1. The summed E-state index contributed by atoms with van der Waals surface area (Å²) in [5.41, 5.74) is 1.33. The molecular weight excluding hydrogens is 264 g/mol. The average molecular weight is 281 g/mol. The molecule has 2 aromatic rings. The van der Waals surface area contributed by atoms with E-state index in [4.69, 9.17) is 0 Å². The molecule has 1 aromatic heterocycles. The van der Waals surface area contributed by atoms with Gasteiger partial charge >= 0.3 is 0 Å². The van der Waals surface area contributed by atoms with Crippen LogP contribution in [0.15, 0.2) is 34.9 Å². The summed E-state index contributed by atoms with van der Waals surface area (Å²) in [6.45, 7) is 2.21. The van der Waals surface area contributed by atoms with Crippen molar-refractivity contribution in [2.24, 2.45) is 0 Å². The molecule has 0 aliphatic rings. The molecule has 0 aliphatic heterocycles. The molecule has 0 amide bonds. The lowest BCUT2D eigenvalue weighted by Gasteiger charge is -2.05. The van der Waals surface area contributed by atoms with E-state index in [1.54, 1.807) is 0 Å². The molecule has 0 saturated carbocycles. The van der Waals surface area contributed by atoms with Crippen molar-refractivity contribution < 1.29 is 0 Å². The zero-order valence-corrected chi connectivity index (χ0v) is 11.1. The van der Waals surface area contributed by atoms with Gasteiger partial charge in [-0.15, -0.1) is 0 Å². The molecule has 3 heteroatoms. The molecule has 0 spiro atoms. The highest BCUT2D eigenvalue weighted by Gasteiger charge is 2.00. The van der Waals surface area contributed by atoms with E-state index < -0.39 is 0 Å². The number of hydrogen-bond donors (Lipinski definition) is 1. The van der Waals surface area contributed by atoms with Crippen molar-refractivity contribution >= 4 is 26.8 Å². The van der Waals surface area contributed by atoms with Gasteiger partial charge in [-0.3, -0.25) is 0 Å². The third kappa shape index (κ3) is 2.66. The number of rotatable bonds is 5. The SMILES string of the molecule is CNCCCCn1ccc2cc(Br)ccc21. The fourth-order valence-corrected chi connectivity index (χ4v) is 2.33. The van der Waals surface area contributed by atoms with E-state index in [-0.39, 0.29) is 0 Å². The number of aromatic nitrogens is 1. The first-order valence-electron chi connectivity index (χ1n) is 5.70. The van der Waals surface area contributed by atoms with E-state index in [1.165, 1.54) is 23.7 Å². The van der Waals surface area contributed by atoms with Crippen LogP contribution in [0.3, 0.4) is 0 Å². The van der Waals surface area contributed by atoms with Gasteiger partial charge < -0.3 is 9.88 Å². The van der Waals surface area contributed by atoms with E-state index in [0.29, 0.717) is 0 Å². The standard InChI is InChI=1S/C13H17BrN2/c1-15-7-2-3-8-16-9-6-11-10-12(14)4-5-13(11)16/h4-6,9-10,15H,2-3,7-8H2,1H3. The van der Waals surface area contributed by atoms with Crippen molar-refractivity contribution in [2.75, 3.05) is 13.6 Å². The second kappa shape index (κ2) is 5.51. The van der Waals surface area contributed by atoms with Crippen LogP contribution in [0.5, 0.6) is 0 Å². The van der Waals surface area contributed by atoms with E-state index in [2.05, 4.69) is 56.3 Å². The quantitative estimate of drug-likeness (QED) is 0.831. The lowest BCUT2D eigenvalue weighted by Crippen LogP contribution is -2.08. The van der Waals surface area contributed by atoms with Gasteiger partial charge in [0, 0.05) is 28.1 Å². The Morgan fingerprint density at radius 1 is 1.25 bits per heavy atom. The second-order valence-corrected chi connectivity index (χ2v) is 4.94. The Labute approximate surface area is 105 Å². The Hall–Kier alpha value is -0.800. The van der Waals surface area contributed by atoms with Gasteiger partial charge in [-0.25, -0.2) is 0 Å². The summed E-state index contributed by atoms with van der Waals surface area (Å²) in [4.78, 5) is 0. The highest BCUT2D eigenvalue weighted by atomic mass is 79.9. The monoisotopic (exact) mass is 280 g/mol. The Balaban J connectivity index is 2.07. The van der Waals surface area contributed by atoms with Crippen LogP contribution in [0.4, 0.5) is 0 Å². The van der Waals surface area contributed by atoms with Crippen molar-refractivity contribution in [1.82, 2.24) is 9.88 Å². The molecule has 86 valence electrons. The second-order valence-electron chi connectivity index (χ2n) is 4.02. The molecule has 1 heterocycles. The summed E-state index contributed by atoms with van der Waals surface area (Å²) in [5, 5.41) is 4.49. The van der Waals surface area contributed by atoms with Crippen LogP contribution in [0.1, 0.15) is 12.8 Å². The number of fused-ring (bicyclic) bond motifs is 1. The molecule has 0 fully saturated rings. The predicted molar refractivity (Wildman–Crippen MR) is 72.8 cm³/mol. The minimum absolute atomic E-state index is 1.10. The smallest absolute Gasteiger partial charge is 0.0481 e. The summed E-state index contributed by atoms with van der Waals surface area (Å²) in [6.07, 6.45) is 4.63. The summed E-state index contributed by atoms with van der Waals surface area (Å²) in [5.74, 6) is 0. The summed E-state index contributed by atoms with van der Waals surface area (Å²) < 4.78 is 3.48. The van der Waals surface area contributed by atoms with Gasteiger partial charge in [-0.2, -0.15) is 0 Å². The topological polar surface area (TPSA) is 17.0 Å². The number of benzene rings is 1. The van der Waals surface area contributed by atoms with Gasteiger partial charge in [0.25, 0.3) is 0 Å². The van der Waals surface area contributed by atoms with E-state index in [1.807, 2.05) is 7.05 Å². The predicted octanol–water partition coefficient (Wildman–Crippen LogP) is 3.40. The average Bonchev–Trinajstić information content (AvgIpc) is 2.67. The fourth-order valence-electron chi connectivity index (χ4n) is 1.95. The molecule has 0 radical (unpaired) electrons. The fraction of sp³-hybridized carbons (Fsp3) is 0.385. The first kappa shape index (κ1) is 11.7. The maximum atomic E-state index is 3.50. The van der Waals surface area contributed by atoms with Gasteiger partial charge in [0.2, 0.25) is 0 Å². The number of aryl methyl sites for hydroxylation is 1. The van der Waals surface area contributed by atoms with E-state index in [9.17, 15) is 0 Å². The Morgan fingerprint density at radius 2 is 2.12 bits per heavy atom. The molecule has 0 bridgehead atoms. The van der Waals surface area contributed by atoms with Crippen LogP contribution in [0, 0.1) is 0 Å². The Morgan fingerprint density at radius 3 is 2.94 bits per heavy atom. The molecule has 2 rings (SSSR count). The van der Waals surface area contributed by atoms with Crippen LogP contribution in [0.25, 0.3) is 10.9 Å².